The molecule has 1 aromatic carbocycles. The van der Waals surface area contributed by atoms with Crippen LogP contribution in [-0.2, 0) is 0 Å². The highest BCUT2D eigenvalue weighted by atomic mass is 16.2. The smallest absolute Gasteiger partial charge is 0.274 e. The lowest BCUT2D eigenvalue weighted by Crippen LogP contribution is -2.32. The molecular formula is C21H23N3O3. The van der Waals surface area contributed by atoms with E-state index in [1.165, 1.54) is 19.2 Å². The third-order valence-electron chi connectivity index (χ3n) is 4.68. The quantitative estimate of drug-likeness (QED) is 0.840. The average Bonchev–Trinajstić information content (AvgIpc) is 2.97. The lowest BCUT2D eigenvalue weighted by atomic mass is 10.1. The fraction of sp³-hybridized carbons (Fsp3) is 0.333. The van der Waals surface area contributed by atoms with E-state index in [1.54, 1.807) is 30.3 Å². The van der Waals surface area contributed by atoms with E-state index in [0.29, 0.717) is 16.8 Å². The molecule has 1 fully saturated rings. The van der Waals surface area contributed by atoms with Crippen molar-refractivity contribution >= 4 is 23.3 Å². The lowest BCUT2D eigenvalue weighted by molar-refractivity contribution is 0.0761. The molecule has 27 heavy (non-hydrogen) atoms. The molecule has 1 aliphatic heterocycles. The molecule has 140 valence electrons. The van der Waals surface area contributed by atoms with E-state index in [0.717, 1.165) is 38.8 Å². The van der Waals surface area contributed by atoms with Gasteiger partial charge in [0.2, 0.25) is 0 Å². The van der Waals surface area contributed by atoms with Crippen molar-refractivity contribution in [2.45, 2.75) is 32.6 Å². The van der Waals surface area contributed by atoms with Crippen molar-refractivity contribution in [2.24, 2.45) is 0 Å². The largest absolute Gasteiger partial charge is 0.339 e. The first kappa shape index (κ1) is 18.8. The minimum atomic E-state index is -0.393. The predicted molar refractivity (Wildman–Crippen MR) is 103 cm³/mol. The Bertz CT molecular complexity index is 838. The number of Topliss-reactive ketones (excluding diaryl/α,β-unsaturated/α-hetero) is 1. The third kappa shape index (κ3) is 4.78. The van der Waals surface area contributed by atoms with Crippen LogP contribution in [0.3, 0.4) is 0 Å². The van der Waals surface area contributed by atoms with Gasteiger partial charge in [0, 0.05) is 36.1 Å². The molecule has 1 N–H and O–H groups in total. The SMILES string of the molecule is CC(=O)c1ccc(NC(=O)c2cc(C(=O)N3CCCCCC3)ccn2)cc1. The molecule has 0 bridgehead atoms. The normalized spacial score (nSPS) is 14.3. The number of anilines is 1. The molecule has 0 saturated carbocycles. The number of rotatable bonds is 4. The molecule has 0 aliphatic carbocycles. The summed E-state index contributed by atoms with van der Waals surface area (Å²) in [5.74, 6) is -0.482. The number of carbonyl (C=O) groups is 3. The summed E-state index contributed by atoms with van der Waals surface area (Å²) in [6.45, 7) is 3.00. The highest BCUT2D eigenvalue weighted by Gasteiger charge is 2.19. The molecule has 0 atom stereocenters. The molecule has 0 radical (unpaired) electrons. The average molecular weight is 365 g/mol. The monoisotopic (exact) mass is 365 g/mol. The van der Waals surface area contributed by atoms with Crippen molar-refractivity contribution in [2.75, 3.05) is 18.4 Å². The molecule has 2 amide bonds. The first-order valence-electron chi connectivity index (χ1n) is 9.22. The summed E-state index contributed by atoms with van der Waals surface area (Å²) in [6, 6.07) is 9.83. The molecule has 0 spiro atoms. The summed E-state index contributed by atoms with van der Waals surface area (Å²) in [5, 5.41) is 2.74. The molecule has 1 aromatic heterocycles. The molecule has 1 aliphatic rings. The van der Waals surface area contributed by atoms with Crippen LogP contribution in [0.5, 0.6) is 0 Å². The predicted octanol–water partition coefficient (Wildman–Crippen LogP) is 3.55. The second kappa shape index (κ2) is 8.58. The van der Waals surface area contributed by atoms with Crippen molar-refractivity contribution in [1.29, 1.82) is 0 Å². The van der Waals surface area contributed by atoms with E-state index in [2.05, 4.69) is 10.3 Å². The number of hydrogen-bond donors (Lipinski definition) is 1. The van der Waals surface area contributed by atoms with Crippen molar-refractivity contribution in [3.05, 3.63) is 59.4 Å². The first-order valence-corrected chi connectivity index (χ1v) is 9.22. The topological polar surface area (TPSA) is 79.4 Å². The van der Waals surface area contributed by atoms with Crippen molar-refractivity contribution in [3.63, 3.8) is 0 Å². The summed E-state index contributed by atoms with van der Waals surface area (Å²) in [5.41, 5.74) is 1.81. The number of ketones is 1. The molecule has 3 rings (SSSR count). The number of nitrogens with zero attached hydrogens (tertiary/aromatic N) is 2. The zero-order valence-electron chi connectivity index (χ0n) is 15.4. The third-order valence-corrected chi connectivity index (χ3v) is 4.68. The van der Waals surface area contributed by atoms with Gasteiger partial charge in [0.1, 0.15) is 5.69 Å². The molecular weight excluding hydrogens is 342 g/mol. The number of amides is 2. The number of hydrogen-bond acceptors (Lipinski definition) is 4. The van der Waals surface area contributed by atoms with Crippen LogP contribution in [0.1, 0.15) is 63.8 Å². The Morgan fingerprint density at radius 3 is 2.22 bits per heavy atom. The summed E-state index contributed by atoms with van der Waals surface area (Å²) in [6.07, 6.45) is 5.81. The van der Waals surface area contributed by atoms with Gasteiger partial charge in [0.25, 0.3) is 11.8 Å². The van der Waals surface area contributed by atoms with Gasteiger partial charge < -0.3 is 10.2 Å². The van der Waals surface area contributed by atoms with E-state index >= 15 is 0 Å². The maximum atomic E-state index is 12.7. The molecule has 6 heteroatoms. The van der Waals surface area contributed by atoms with Gasteiger partial charge in [0.05, 0.1) is 0 Å². The Balaban J connectivity index is 1.71. The van der Waals surface area contributed by atoms with Crippen molar-refractivity contribution in [3.8, 4) is 0 Å². The highest BCUT2D eigenvalue weighted by molar-refractivity contribution is 6.05. The van der Waals surface area contributed by atoms with Crippen LogP contribution >= 0.6 is 0 Å². The van der Waals surface area contributed by atoms with E-state index in [9.17, 15) is 14.4 Å². The van der Waals surface area contributed by atoms with Gasteiger partial charge in [-0.25, -0.2) is 0 Å². The highest BCUT2D eigenvalue weighted by Crippen LogP contribution is 2.15. The minimum Gasteiger partial charge on any atom is -0.339 e. The fourth-order valence-corrected chi connectivity index (χ4v) is 3.13. The van der Waals surface area contributed by atoms with Gasteiger partial charge in [0.15, 0.2) is 5.78 Å². The van der Waals surface area contributed by atoms with Gasteiger partial charge >= 0.3 is 0 Å². The van der Waals surface area contributed by atoms with Crippen molar-refractivity contribution in [1.82, 2.24) is 9.88 Å². The summed E-state index contributed by atoms with van der Waals surface area (Å²) in [7, 11) is 0. The zero-order chi connectivity index (χ0) is 19.2. The van der Waals surface area contributed by atoms with Gasteiger partial charge in [-0.2, -0.15) is 0 Å². The van der Waals surface area contributed by atoms with Gasteiger partial charge in [-0.05, 0) is 56.2 Å². The van der Waals surface area contributed by atoms with Gasteiger partial charge in [-0.1, -0.05) is 12.8 Å². The Hall–Kier alpha value is -3.02. The Morgan fingerprint density at radius 1 is 0.926 bits per heavy atom. The van der Waals surface area contributed by atoms with Gasteiger partial charge in [-0.15, -0.1) is 0 Å². The van der Waals surface area contributed by atoms with Crippen LogP contribution in [0.2, 0.25) is 0 Å². The summed E-state index contributed by atoms with van der Waals surface area (Å²) < 4.78 is 0. The van der Waals surface area contributed by atoms with Crippen LogP contribution in [0.25, 0.3) is 0 Å². The van der Waals surface area contributed by atoms with E-state index < -0.39 is 5.91 Å². The number of aromatic nitrogens is 1. The van der Waals surface area contributed by atoms with Gasteiger partial charge in [-0.3, -0.25) is 19.4 Å². The number of pyridine rings is 1. The molecule has 2 heterocycles. The maximum Gasteiger partial charge on any atom is 0.274 e. The minimum absolute atomic E-state index is 0.0331. The Kier molecular flexibility index (Phi) is 5.96. The number of carbonyl (C=O) groups excluding carboxylic acids is 3. The number of likely N-dealkylation sites (tertiary alicyclic amines) is 1. The Labute approximate surface area is 158 Å². The second-order valence-corrected chi connectivity index (χ2v) is 6.72. The molecule has 0 unspecified atom stereocenters. The number of benzene rings is 1. The zero-order valence-corrected chi connectivity index (χ0v) is 15.4. The standard InChI is InChI=1S/C21H23N3O3/c1-15(25)16-6-8-18(9-7-16)23-20(26)19-14-17(10-11-22-19)21(27)24-12-4-2-3-5-13-24/h6-11,14H,2-5,12-13H2,1H3,(H,23,26). The fourth-order valence-electron chi connectivity index (χ4n) is 3.13. The summed E-state index contributed by atoms with van der Waals surface area (Å²) >= 11 is 0. The first-order chi connectivity index (χ1) is 13.0. The second-order valence-electron chi connectivity index (χ2n) is 6.72. The van der Waals surface area contributed by atoms with E-state index in [-0.39, 0.29) is 17.4 Å². The van der Waals surface area contributed by atoms with Crippen LogP contribution in [0.4, 0.5) is 5.69 Å². The Morgan fingerprint density at radius 2 is 1.59 bits per heavy atom. The molecule has 1 saturated heterocycles. The lowest BCUT2D eigenvalue weighted by Gasteiger charge is -2.20. The van der Waals surface area contributed by atoms with E-state index in [1.807, 2.05) is 4.90 Å². The maximum absolute atomic E-state index is 12.7. The van der Waals surface area contributed by atoms with Crippen LogP contribution in [0, 0.1) is 0 Å². The summed E-state index contributed by atoms with van der Waals surface area (Å²) in [4.78, 5) is 42.5. The molecule has 6 nitrogen and oxygen atoms in total. The van der Waals surface area contributed by atoms with Crippen LogP contribution in [-0.4, -0.2) is 40.6 Å². The van der Waals surface area contributed by atoms with E-state index in [4.69, 9.17) is 0 Å². The van der Waals surface area contributed by atoms with Crippen molar-refractivity contribution < 1.29 is 14.4 Å². The van der Waals surface area contributed by atoms with Crippen LogP contribution in [0.15, 0.2) is 42.6 Å². The number of nitrogens with one attached hydrogen (secondary N) is 1. The van der Waals surface area contributed by atoms with Crippen LogP contribution < -0.4 is 5.32 Å². The molecule has 2 aromatic rings.